The van der Waals surface area contributed by atoms with Crippen molar-refractivity contribution in [2.45, 2.75) is 64.3 Å². The van der Waals surface area contributed by atoms with Gasteiger partial charge in [-0.25, -0.2) is 0 Å². The van der Waals surface area contributed by atoms with E-state index in [1.807, 2.05) is 13.1 Å². The Hall–Kier alpha value is -0.470. The molecule has 1 aromatic heterocycles. The van der Waals surface area contributed by atoms with E-state index < -0.39 is 0 Å². The molecule has 0 saturated carbocycles. The molecular formula is C15H26ClNO. The zero-order chi connectivity index (χ0) is 13.2. The Morgan fingerprint density at radius 1 is 1.17 bits per heavy atom. The van der Waals surface area contributed by atoms with Gasteiger partial charge in [-0.05, 0) is 31.1 Å². The van der Waals surface area contributed by atoms with Crippen LogP contribution in [0.3, 0.4) is 0 Å². The minimum Gasteiger partial charge on any atom is -0.453 e. The lowest BCUT2D eigenvalue weighted by Gasteiger charge is -2.14. The second kappa shape index (κ2) is 9.46. The average Bonchev–Trinajstić information content (AvgIpc) is 2.79. The molecule has 0 fully saturated rings. The van der Waals surface area contributed by atoms with Gasteiger partial charge in [-0.15, -0.1) is 0 Å². The standard InChI is InChI=1S/C15H26ClNO/c1-3-4-5-6-7-8-9-10-14(17-2)13-11-12-18-15(13)16/h11-12,14,17H,3-10H2,1-2H3. The molecule has 18 heavy (non-hydrogen) atoms. The van der Waals surface area contributed by atoms with Gasteiger partial charge in [-0.3, -0.25) is 0 Å². The molecule has 2 nitrogen and oxygen atoms in total. The van der Waals surface area contributed by atoms with Gasteiger partial charge >= 0.3 is 0 Å². The van der Waals surface area contributed by atoms with Gasteiger partial charge in [0, 0.05) is 11.6 Å². The van der Waals surface area contributed by atoms with Crippen LogP contribution < -0.4 is 5.32 Å². The summed E-state index contributed by atoms with van der Waals surface area (Å²) >= 11 is 6.00. The first-order valence-electron chi connectivity index (χ1n) is 7.19. The number of hydrogen-bond donors (Lipinski definition) is 1. The van der Waals surface area contributed by atoms with E-state index in [2.05, 4.69) is 12.2 Å². The fraction of sp³-hybridized carbons (Fsp3) is 0.733. The lowest BCUT2D eigenvalue weighted by molar-refractivity contribution is 0.488. The predicted molar refractivity (Wildman–Crippen MR) is 78.1 cm³/mol. The smallest absolute Gasteiger partial charge is 0.197 e. The number of nitrogens with one attached hydrogen (secondary N) is 1. The molecule has 1 unspecified atom stereocenters. The summed E-state index contributed by atoms with van der Waals surface area (Å²) in [7, 11) is 1.98. The first-order valence-corrected chi connectivity index (χ1v) is 7.57. The van der Waals surface area contributed by atoms with Gasteiger partial charge < -0.3 is 9.73 Å². The summed E-state index contributed by atoms with van der Waals surface area (Å²) in [6, 6.07) is 2.29. The molecule has 0 aliphatic carbocycles. The van der Waals surface area contributed by atoms with E-state index in [0.717, 1.165) is 12.0 Å². The lowest BCUT2D eigenvalue weighted by Crippen LogP contribution is -2.15. The van der Waals surface area contributed by atoms with Crippen LogP contribution >= 0.6 is 11.6 Å². The second-order valence-electron chi connectivity index (χ2n) is 4.90. The van der Waals surface area contributed by atoms with Crippen molar-refractivity contribution >= 4 is 11.6 Å². The van der Waals surface area contributed by atoms with Crippen molar-refractivity contribution in [3.63, 3.8) is 0 Å². The van der Waals surface area contributed by atoms with Gasteiger partial charge in [-0.2, -0.15) is 0 Å². The van der Waals surface area contributed by atoms with Gasteiger partial charge in [0.05, 0.1) is 6.26 Å². The molecule has 1 N–H and O–H groups in total. The third-order valence-electron chi connectivity index (χ3n) is 3.47. The van der Waals surface area contributed by atoms with Gasteiger partial charge in [0.1, 0.15) is 0 Å². The van der Waals surface area contributed by atoms with Crippen molar-refractivity contribution < 1.29 is 4.42 Å². The molecule has 1 heterocycles. The molecule has 104 valence electrons. The van der Waals surface area contributed by atoms with Crippen molar-refractivity contribution in [1.29, 1.82) is 0 Å². The van der Waals surface area contributed by atoms with Gasteiger partial charge in [0.15, 0.2) is 5.22 Å². The monoisotopic (exact) mass is 271 g/mol. The Kier molecular flexibility index (Phi) is 8.19. The molecule has 1 aromatic rings. The fourth-order valence-electron chi connectivity index (χ4n) is 2.31. The first-order chi connectivity index (χ1) is 8.79. The van der Waals surface area contributed by atoms with Crippen LogP contribution in [-0.4, -0.2) is 7.05 Å². The molecule has 0 aromatic carbocycles. The van der Waals surface area contributed by atoms with E-state index in [4.69, 9.17) is 16.0 Å². The number of unbranched alkanes of at least 4 members (excludes halogenated alkanes) is 6. The highest BCUT2D eigenvalue weighted by Gasteiger charge is 2.14. The molecule has 0 radical (unpaired) electrons. The van der Waals surface area contributed by atoms with Crippen molar-refractivity contribution in [2.75, 3.05) is 7.05 Å². The first kappa shape index (κ1) is 15.6. The normalized spacial score (nSPS) is 12.8. The largest absolute Gasteiger partial charge is 0.453 e. The average molecular weight is 272 g/mol. The van der Waals surface area contributed by atoms with E-state index in [9.17, 15) is 0 Å². The summed E-state index contributed by atoms with van der Waals surface area (Å²) in [4.78, 5) is 0. The third kappa shape index (κ3) is 5.45. The number of halogens is 1. The Labute approximate surface area is 116 Å². The Bertz CT molecular complexity index is 311. The SMILES string of the molecule is CCCCCCCCCC(NC)c1ccoc1Cl. The van der Waals surface area contributed by atoms with E-state index in [1.165, 1.54) is 44.9 Å². The van der Waals surface area contributed by atoms with Crippen LogP contribution in [0.5, 0.6) is 0 Å². The molecule has 1 atom stereocenters. The molecular weight excluding hydrogens is 246 g/mol. The predicted octanol–water partition coefficient (Wildman–Crippen LogP) is 5.33. The highest BCUT2D eigenvalue weighted by atomic mass is 35.5. The zero-order valence-electron chi connectivity index (χ0n) is 11.7. The van der Waals surface area contributed by atoms with Crippen molar-refractivity contribution in [3.8, 4) is 0 Å². The third-order valence-corrected chi connectivity index (χ3v) is 3.77. The molecule has 0 aliphatic rings. The molecule has 0 saturated heterocycles. The van der Waals surface area contributed by atoms with Crippen molar-refractivity contribution in [2.24, 2.45) is 0 Å². The van der Waals surface area contributed by atoms with Crippen LogP contribution in [0.2, 0.25) is 5.22 Å². The van der Waals surface area contributed by atoms with Crippen molar-refractivity contribution in [3.05, 3.63) is 23.1 Å². The summed E-state index contributed by atoms with van der Waals surface area (Å²) in [5, 5.41) is 3.84. The highest BCUT2D eigenvalue weighted by molar-refractivity contribution is 6.29. The minimum absolute atomic E-state index is 0.326. The van der Waals surface area contributed by atoms with E-state index in [-0.39, 0.29) is 0 Å². The fourth-order valence-corrected chi connectivity index (χ4v) is 2.56. The van der Waals surface area contributed by atoms with Crippen LogP contribution in [0.25, 0.3) is 0 Å². The molecule has 3 heteroatoms. The van der Waals surface area contributed by atoms with Crippen LogP contribution in [0.15, 0.2) is 16.7 Å². The summed E-state index contributed by atoms with van der Waals surface area (Å²) in [6.45, 7) is 2.26. The lowest BCUT2D eigenvalue weighted by atomic mass is 10.0. The van der Waals surface area contributed by atoms with E-state index in [0.29, 0.717) is 11.3 Å². The molecule has 0 spiro atoms. The topological polar surface area (TPSA) is 25.2 Å². The van der Waals surface area contributed by atoms with Crippen LogP contribution in [0.4, 0.5) is 0 Å². The summed E-state index contributed by atoms with van der Waals surface area (Å²) in [5.74, 6) is 0. The number of hydrogen-bond acceptors (Lipinski definition) is 2. The Morgan fingerprint density at radius 2 is 1.83 bits per heavy atom. The Morgan fingerprint density at radius 3 is 2.39 bits per heavy atom. The summed E-state index contributed by atoms with van der Waals surface area (Å²) in [5.41, 5.74) is 1.09. The van der Waals surface area contributed by atoms with Gasteiger partial charge in [0.2, 0.25) is 0 Å². The van der Waals surface area contributed by atoms with Crippen LogP contribution in [0.1, 0.15) is 69.9 Å². The van der Waals surface area contributed by atoms with Crippen LogP contribution in [0, 0.1) is 0 Å². The quantitative estimate of drug-likeness (QED) is 0.582. The second-order valence-corrected chi connectivity index (χ2v) is 5.24. The van der Waals surface area contributed by atoms with Crippen LogP contribution in [-0.2, 0) is 0 Å². The minimum atomic E-state index is 0.326. The molecule has 0 aliphatic heterocycles. The molecule has 0 bridgehead atoms. The molecule has 0 amide bonds. The maximum Gasteiger partial charge on any atom is 0.197 e. The van der Waals surface area contributed by atoms with Gasteiger partial charge in [0.25, 0.3) is 0 Å². The Balaban J connectivity index is 2.15. The summed E-state index contributed by atoms with van der Waals surface area (Å²) in [6.07, 6.45) is 12.2. The van der Waals surface area contributed by atoms with E-state index >= 15 is 0 Å². The maximum absolute atomic E-state index is 6.00. The molecule has 1 rings (SSSR count). The number of furan rings is 1. The summed E-state index contributed by atoms with van der Waals surface area (Å²) < 4.78 is 5.14. The zero-order valence-corrected chi connectivity index (χ0v) is 12.4. The maximum atomic E-state index is 6.00. The van der Waals surface area contributed by atoms with E-state index in [1.54, 1.807) is 6.26 Å². The number of rotatable bonds is 10. The highest BCUT2D eigenvalue weighted by Crippen LogP contribution is 2.27. The van der Waals surface area contributed by atoms with Gasteiger partial charge in [-0.1, -0.05) is 51.9 Å². The van der Waals surface area contributed by atoms with Crippen molar-refractivity contribution in [1.82, 2.24) is 5.32 Å².